The number of aliphatic carboxylic acids is 1. The third-order valence-electron chi connectivity index (χ3n) is 4.81. The molecule has 0 aromatic rings. The lowest BCUT2D eigenvalue weighted by molar-refractivity contribution is -0.245. The first-order valence-corrected chi connectivity index (χ1v) is 9.76. The summed E-state index contributed by atoms with van der Waals surface area (Å²) in [7, 11) is 0. The Balaban J connectivity index is 2.80. The zero-order chi connectivity index (χ0) is 20.8. The van der Waals surface area contributed by atoms with E-state index in [1.165, 1.54) is 0 Å². The SMILES string of the molecule is CC(O)CN1CCN(CCOO)CCN(CCOO)CCN(CC(=O)O)CC1. The van der Waals surface area contributed by atoms with Gasteiger partial charge in [0.25, 0.3) is 0 Å². The van der Waals surface area contributed by atoms with Gasteiger partial charge in [-0.25, -0.2) is 9.78 Å². The largest absolute Gasteiger partial charge is 0.480 e. The van der Waals surface area contributed by atoms with Gasteiger partial charge in [0.05, 0.1) is 25.9 Å². The van der Waals surface area contributed by atoms with Gasteiger partial charge in [0.1, 0.15) is 0 Å². The molecule has 0 radical (unpaired) electrons. The van der Waals surface area contributed by atoms with Gasteiger partial charge in [-0.1, -0.05) is 0 Å². The van der Waals surface area contributed by atoms with Gasteiger partial charge in [-0.05, 0) is 6.92 Å². The van der Waals surface area contributed by atoms with Crippen LogP contribution in [0.1, 0.15) is 6.92 Å². The predicted molar refractivity (Wildman–Crippen MR) is 102 cm³/mol. The molecule has 0 amide bonds. The van der Waals surface area contributed by atoms with Crippen LogP contribution in [0.15, 0.2) is 0 Å². The Morgan fingerprint density at radius 2 is 1.21 bits per heavy atom. The molecule has 1 saturated heterocycles. The molecule has 166 valence electrons. The molecule has 28 heavy (non-hydrogen) atoms. The zero-order valence-electron chi connectivity index (χ0n) is 16.8. The van der Waals surface area contributed by atoms with Crippen molar-refractivity contribution in [3.8, 4) is 0 Å². The number of carbonyl (C=O) groups is 1. The van der Waals surface area contributed by atoms with Crippen molar-refractivity contribution >= 4 is 5.97 Å². The fourth-order valence-electron chi connectivity index (χ4n) is 3.27. The number of aliphatic hydroxyl groups excluding tert-OH is 1. The van der Waals surface area contributed by atoms with Crippen LogP contribution in [0.2, 0.25) is 0 Å². The van der Waals surface area contributed by atoms with Crippen molar-refractivity contribution in [3.05, 3.63) is 0 Å². The van der Waals surface area contributed by atoms with Gasteiger partial charge in [0, 0.05) is 72.0 Å². The van der Waals surface area contributed by atoms with Gasteiger partial charge in [-0.15, -0.1) is 0 Å². The summed E-state index contributed by atoms with van der Waals surface area (Å²) >= 11 is 0. The number of hydrogen-bond acceptors (Lipinski definition) is 10. The van der Waals surface area contributed by atoms with E-state index in [1.54, 1.807) is 6.92 Å². The lowest BCUT2D eigenvalue weighted by Gasteiger charge is -2.34. The molecule has 0 saturated carbocycles. The van der Waals surface area contributed by atoms with Gasteiger partial charge in [-0.2, -0.15) is 0 Å². The number of rotatable bonds is 10. The van der Waals surface area contributed by atoms with E-state index in [0.29, 0.717) is 52.4 Å². The number of carboxylic acids is 1. The van der Waals surface area contributed by atoms with Gasteiger partial charge in [0.15, 0.2) is 0 Å². The van der Waals surface area contributed by atoms with Crippen LogP contribution in [-0.4, -0.2) is 144 Å². The highest BCUT2D eigenvalue weighted by Crippen LogP contribution is 2.02. The summed E-state index contributed by atoms with van der Waals surface area (Å²) in [5.74, 6) is -0.866. The van der Waals surface area contributed by atoms with Crippen LogP contribution in [0.4, 0.5) is 0 Å². The molecule has 0 spiro atoms. The third-order valence-corrected chi connectivity index (χ3v) is 4.81. The molecule has 1 aliphatic rings. The molecule has 1 unspecified atom stereocenters. The molecular formula is C17H36N4O7. The highest BCUT2D eigenvalue weighted by atomic mass is 17.1. The number of aliphatic hydroxyl groups is 1. The molecular weight excluding hydrogens is 372 g/mol. The summed E-state index contributed by atoms with van der Waals surface area (Å²) in [6.07, 6.45) is -0.468. The van der Waals surface area contributed by atoms with Gasteiger partial charge >= 0.3 is 5.97 Å². The summed E-state index contributed by atoms with van der Waals surface area (Å²) in [5, 5.41) is 36.3. The average Bonchev–Trinajstić information content (AvgIpc) is 2.63. The van der Waals surface area contributed by atoms with E-state index in [0.717, 1.165) is 19.6 Å². The minimum absolute atomic E-state index is 0.0349. The summed E-state index contributed by atoms with van der Waals surface area (Å²) in [5.41, 5.74) is 0. The van der Waals surface area contributed by atoms with Crippen molar-refractivity contribution in [2.24, 2.45) is 0 Å². The molecule has 4 N–H and O–H groups in total. The van der Waals surface area contributed by atoms with Crippen LogP contribution in [-0.2, 0) is 14.6 Å². The summed E-state index contributed by atoms with van der Waals surface area (Å²) in [6.45, 7) is 9.11. The van der Waals surface area contributed by atoms with Crippen LogP contribution >= 0.6 is 0 Å². The summed E-state index contributed by atoms with van der Waals surface area (Å²) < 4.78 is 0. The first-order chi connectivity index (χ1) is 13.4. The molecule has 11 nitrogen and oxygen atoms in total. The minimum atomic E-state index is -0.866. The molecule has 0 bridgehead atoms. The first kappa shape index (κ1) is 25.1. The average molecular weight is 408 g/mol. The first-order valence-electron chi connectivity index (χ1n) is 9.76. The Labute approximate surface area is 166 Å². The van der Waals surface area contributed by atoms with E-state index in [4.69, 9.17) is 10.5 Å². The fourth-order valence-corrected chi connectivity index (χ4v) is 3.27. The van der Waals surface area contributed by atoms with Crippen molar-refractivity contribution in [2.45, 2.75) is 13.0 Å². The van der Waals surface area contributed by atoms with E-state index in [1.807, 2.05) is 4.90 Å². The van der Waals surface area contributed by atoms with Crippen molar-refractivity contribution < 1.29 is 35.3 Å². The van der Waals surface area contributed by atoms with Gasteiger partial charge in [-0.3, -0.25) is 34.9 Å². The molecule has 1 aliphatic heterocycles. The Kier molecular flexibility index (Phi) is 13.5. The molecule has 1 fully saturated rings. The van der Waals surface area contributed by atoms with Crippen LogP contribution in [0.5, 0.6) is 0 Å². The standard InChI is InChI=1S/C17H36N4O7/c1-16(22)14-20-6-4-18(10-12-27-25)2-3-19(11-13-28-26)5-7-21(9-8-20)15-17(23)24/h16,22,25-26H,2-15H2,1H3,(H,23,24). The van der Waals surface area contributed by atoms with Crippen LogP contribution < -0.4 is 0 Å². The predicted octanol–water partition coefficient (Wildman–Crippen LogP) is -1.35. The van der Waals surface area contributed by atoms with Crippen molar-refractivity contribution in [1.29, 1.82) is 0 Å². The molecule has 1 rings (SSSR count). The molecule has 1 heterocycles. The van der Waals surface area contributed by atoms with Crippen molar-refractivity contribution in [1.82, 2.24) is 19.6 Å². The monoisotopic (exact) mass is 408 g/mol. The second-order valence-electron chi connectivity index (χ2n) is 7.17. The molecule has 1 atom stereocenters. The highest BCUT2D eigenvalue weighted by Gasteiger charge is 2.18. The van der Waals surface area contributed by atoms with Crippen LogP contribution in [0, 0.1) is 0 Å². The maximum atomic E-state index is 11.2. The van der Waals surface area contributed by atoms with E-state index in [9.17, 15) is 15.0 Å². The topological polar surface area (TPSA) is 129 Å². The van der Waals surface area contributed by atoms with Crippen molar-refractivity contribution in [3.63, 3.8) is 0 Å². The second-order valence-corrected chi connectivity index (χ2v) is 7.17. The van der Waals surface area contributed by atoms with E-state index < -0.39 is 12.1 Å². The Bertz CT molecular complexity index is 417. The summed E-state index contributed by atoms with van der Waals surface area (Å²) in [6, 6.07) is 0. The van der Waals surface area contributed by atoms with E-state index >= 15 is 0 Å². The maximum Gasteiger partial charge on any atom is 0.317 e. The smallest absolute Gasteiger partial charge is 0.317 e. The van der Waals surface area contributed by atoms with Gasteiger partial charge in [0.2, 0.25) is 0 Å². The highest BCUT2D eigenvalue weighted by molar-refractivity contribution is 5.69. The summed E-state index contributed by atoms with van der Waals surface area (Å²) in [4.78, 5) is 27.9. The molecule has 0 aromatic carbocycles. The number of hydrogen-bond donors (Lipinski definition) is 4. The van der Waals surface area contributed by atoms with E-state index in [2.05, 4.69) is 24.5 Å². The molecule has 0 aliphatic carbocycles. The lowest BCUT2D eigenvalue weighted by Crippen LogP contribution is -2.48. The second kappa shape index (κ2) is 15.0. The van der Waals surface area contributed by atoms with Gasteiger partial charge < -0.3 is 10.2 Å². The number of nitrogens with zero attached hydrogens (tertiary/aromatic N) is 4. The quantitative estimate of drug-likeness (QED) is 0.253. The van der Waals surface area contributed by atoms with Crippen LogP contribution in [0.3, 0.4) is 0 Å². The minimum Gasteiger partial charge on any atom is -0.480 e. The Morgan fingerprint density at radius 3 is 1.57 bits per heavy atom. The molecule has 11 heteroatoms. The number of β-amino-alcohol motifs (C(OH)–C–C–N with tert-alkyl or cyclic N) is 1. The van der Waals surface area contributed by atoms with Crippen LogP contribution in [0.25, 0.3) is 0 Å². The molecule has 0 aromatic heterocycles. The van der Waals surface area contributed by atoms with E-state index in [-0.39, 0.29) is 19.8 Å². The fraction of sp³-hybridized carbons (Fsp3) is 0.941. The third kappa shape index (κ3) is 11.8. The lowest BCUT2D eigenvalue weighted by atomic mass is 10.3. The maximum absolute atomic E-state index is 11.2. The Hall–Kier alpha value is -0.890. The zero-order valence-corrected chi connectivity index (χ0v) is 16.8. The normalized spacial score (nSPS) is 21.1. The Morgan fingerprint density at radius 1 is 0.821 bits per heavy atom. The number of carboxylic acid groups (broad SMARTS) is 1. The van der Waals surface area contributed by atoms with Crippen molar-refractivity contribution in [2.75, 3.05) is 91.8 Å².